The van der Waals surface area contributed by atoms with Crippen molar-refractivity contribution in [3.05, 3.63) is 53.9 Å². The Balaban J connectivity index is 1.82. The summed E-state index contributed by atoms with van der Waals surface area (Å²) >= 11 is 0. The Morgan fingerprint density at radius 1 is 1.16 bits per heavy atom. The van der Waals surface area contributed by atoms with Gasteiger partial charge in [0.25, 0.3) is 10.0 Å². The molecule has 0 unspecified atom stereocenters. The Morgan fingerprint density at radius 3 is 2.55 bits per heavy atom. The third-order valence-corrected chi connectivity index (χ3v) is 7.39. The molecule has 31 heavy (non-hydrogen) atoms. The van der Waals surface area contributed by atoms with Gasteiger partial charge in [-0.2, -0.15) is 0 Å². The molecule has 1 aliphatic rings. The molecule has 0 saturated heterocycles. The molecule has 8 heteroatoms. The van der Waals surface area contributed by atoms with E-state index in [0.29, 0.717) is 16.6 Å². The fraction of sp³-hybridized carbons (Fsp3) is 0.391. The molecule has 4 rings (SSSR count). The first-order valence-corrected chi connectivity index (χ1v) is 12.1. The highest BCUT2D eigenvalue weighted by atomic mass is 32.2. The molecule has 2 heterocycles. The van der Waals surface area contributed by atoms with Crippen LogP contribution in [0.15, 0.2) is 47.6 Å². The van der Waals surface area contributed by atoms with Crippen LogP contribution in [0.5, 0.6) is 0 Å². The molecular weight excluding hydrogens is 414 g/mol. The molecule has 1 aliphatic carbocycles. The second-order valence-electron chi connectivity index (χ2n) is 7.91. The number of anilines is 1. The van der Waals surface area contributed by atoms with E-state index in [1.165, 1.54) is 22.8 Å². The number of aromatic nitrogens is 2. The number of esters is 1. The van der Waals surface area contributed by atoms with Crippen molar-refractivity contribution < 1.29 is 17.9 Å². The second-order valence-corrected chi connectivity index (χ2v) is 9.73. The second kappa shape index (κ2) is 8.70. The third kappa shape index (κ3) is 4.17. The van der Waals surface area contributed by atoms with Crippen molar-refractivity contribution in [1.82, 2.24) is 8.96 Å². The molecule has 3 aromatic rings. The molecule has 0 aliphatic heterocycles. The summed E-state index contributed by atoms with van der Waals surface area (Å²) in [5, 5.41) is 4.08. The maximum atomic E-state index is 13.3. The molecule has 0 atom stereocenters. The van der Waals surface area contributed by atoms with E-state index in [1.54, 1.807) is 37.3 Å². The van der Waals surface area contributed by atoms with Gasteiger partial charge in [-0.3, -0.25) is 0 Å². The van der Waals surface area contributed by atoms with Gasteiger partial charge in [-0.15, -0.1) is 0 Å². The van der Waals surface area contributed by atoms with Gasteiger partial charge in [0.05, 0.1) is 17.2 Å². The standard InChI is InChI=1S/C23H27N3O4S/c1-3-30-23(27)20-15-24-22-19(21(20)25-17-7-5-4-6-8-17)13-14-26(22)31(28,29)18-11-9-16(2)10-12-18/h9-15,17H,3-8H2,1-2H3,(H,24,25). The average molecular weight is 442 g/mol. The van der Waals surface area contributed by atoms with E-state index in [1.807, 2.05) is 6.92 Å². The van der Waals surface area contributed by atoms with Crippen LogP contribution in [0.1, 0.15) is 54.9 Å². The molecule has 1 N–H and O–H groups in total. The molecule has 1 fully saturated rings. The lowest BCUT2D eigenvalue weighted by atomic mass is 9.95. The number of carbonyl (C=O) groups excluding carboxylic acids is 1. The van der Waals surface area contributed by atoms with Gasteiger partial charge in [-0.05, 0) is 44.9 Å². The lowest BCUT2D eigenvalue weighted by molar-refractivity contribution is 0.0527. The summed E-state index contributed by atoms with van der Waals surface area (Å²) < 4.78 is 32.9. The first-order chi connectivity index (χ1) is 14.9. The maximum Gasteiger partial charge on any atom is 0.341 e. The fourth-order valence-corrected chi connectivity index (χ4v) is 5.35. The summed E-state index contributed by atoms with van der Waals surface area (Å²) in [5.74, 6) is -0.468. The molecule has 2 aromatic heterocycles. The van der Waals surface area contributed by atoms with E-state index in [0.717, 1.165) is 31.2 Å². The van der Waals surface area contributed by atoms with Crippen molar-refractivity contribution in [3.63, 3.8) is 0 Å². The van der Waals surface area contributed by atoms with E-state index < -0.39 is 16.0 Å². The molecule has 164 valence electrons. The van der Waals surface area contributed by atoms with E-state index in [2.05, 4.69) is 10.3 Å². The Kier molecular flexibility index (Phi) is 6.00. The Bertz CT molecular complexity index is 1190. The van der Waals surface area contributed by atoms with Crippen LogP contribution in [-0.4, -0.2) is 36.0 Å². The minimum atomic E-state index is -3.82. The highest BCUT2D eigenvalue weighted by Gasteiger charge is 2.25. The molecule has 0 spiro atoms. The van der Waals surface area contributed by atoms with E-state index in [-0.39, 0.29) is 23.2 Å². The lowest BCUT2D eigenvalue weighted by Crippen LogP contribution is -2.24. The molecule has 0 radical (unpaired) electrons. The largest absolute Gasteiger partial charge is 0.462 e. The van der Waals surface area contributed by atoms with Crippen molar-refractivity contribution in [3.8, 4) is 0 Å². The molecule has 7 nitrogen and oxygen atoms in total. The van der Waals surface area contributed by atoms with Gasteiger partial charge < -0.3 is 10.1 Å². The average Bonchev–Trinajstić information content (AvgIpc) is 3.21. The van der Waals surface area contributed by atoms with Crippen LogP contribution in [0.4, 0.5) is 5.69 Å². The minimum Gasteiger partial charge on any atom is -0.462 e. The van der Waals surface area contributed by atoms with Crippen molar-refractivity contribution in [1.29, 1.82) is 0 Å². The van der Waals surface area contributed by atoms with Gasteiger partial charge in [-0.25, -0.2) is 22.2 Å². The topological polar surface area (TPSA) is 90.3 Å². The lowest BCUT2D eigenvalue weighted by Gasteiger charge is -2.25. The summed E-state index contributed by atoms with van der Waals surface area (Å²) in [7, 11) is -3.82. The quantitative estimate of drug-likeness (QED) is 0.566. The monoisotopic (exact) mass is 441 g/mol. The van der Waals surface area contributed by atoms with Crippen LogP contribution in [0.25, 0.3) is 11.0 Å². The van der Waals surface area contributed by atoms with Crippen molar-refractivity contribution >= 4 is 32.7 Å². The van der Waals surface area contributed by atoms with Crippen molar-refractivity contribution in [2.75, 3.05) is 11.9 Å². The Hall–Kier alpha value is -2.87. The Labute approximate surface area is 182 Å². The molecule has 0 bridgehead atoms. The predicted molar refractivity (Wildman–Crippen MR) is 120 cm³/mol. The normalized spacial score (nSPS) is 15.2. The highest BCUT2D eigenvalue weighted by molar-refractivity contribution is 7.90. The number of fused-ring (bicyclic) bond motifs is 1. The summed E-state index contributed by atoms with van der Waals surface area (Å²) in [6.45, 7) is 3.91. The van der Waals surface area contributed by atoms with Gasteiger partial charge in [0.1, 0.15) is 5.56 Å². The summed E-state index contributed by atoms with van der Waals surface area (Å²) in [5.41, 5.74) is 2.18. The van der Waals surface area contributed by atoms with Crippen LogP contribution in [0, 0.1) is 6.92 Å². The van der Waals surface area contributed by atoms with Gasteiger partial charge in [0.15, 0.2) is 5.65 Å². The van der Waals surface area contributed by atoms with Crippen LogP contribution in [0.2, 0.25) is 0 Å². The first-order valence-electron chi connectivity index (χ1n) is 10.7. The molecule has 0 amide bonds. The number of carbonyl (C=O) groups is 1. The SMILES string of the molecule is CCOC(=O)c1cnc2c(ccn2S(=O)(=O)c2ccc(C)cc2)c1NC1CCCCC1. The van der Waals surface area contributed by atoms with E-state index in [9.17, 15) is 13.2 Å². The molecule has 1 aromatic carbocycles. The number of ether oxygens (including phenoxy) is 1. The fourth-order valence-electron chi connectivity index (χ4n) is 4.05. The van der Waals surface area contributed by atoms with E-state index in [4.69, 9.17) is 4.74 Å². The number of aryl methyl sites for hydroxylation is 1. The first kappa shape index (κ1) is 21.4. The zero-order valence-electron chi connectivity index (χ0n) is 17.8. The maximum absolute atomic E-state index is 13.3. The van der Waals surface area contributed by atoms with Gasteiger partial charge in [-0.1, -0.05) is 37.0 Å². The summed E-state index contributed by atoms with van der Waals surface area (Å²) in [6.07, 6.45) is 8.39. The van der Waals surface area contributed by atoms with Crippen molar-refractivity contribution in [2.45, 2.75) is 56.9 Å². The number of nitrogens with one attached hydrogen (secondary N) is 1. The minimum absolute atomic E-state index is 0.189. The number of pyridine rings is 1. The zero-order chi connectivity index (χ0) is 22.0. The van der Waals surface area contributed by atoms with Gasteiger partial charge in [0.2, 0.25) is 0 Å². The number of nitrogens with zero attached hydrogens (tertiary/aromatic N) is 2. The van der Waals surface area contributed by atoms with Crippen LogP contribution in [0.3, 0.4) is 0 Å². The van der Waals surface area contributed by atoms with Crippen molar-refractivity contribution in [2.24, 2.45) is 0 Å². The van der Waals surface area contributed by atoms with Gasteiger partial charge >= 0.3 is 5.97 Å². The molecular formula is C23H27N3O4S. The van der Waals surface area contributed by atoms with E-state index >= 15 is 0 Å². The number of rotatable bonds is 6. The number of benzene rings is 1. The summed E-state index contributed by atoms with van der Waals surface area (Å²) in [4.78, 5) is 17.1. The highest BCUT2D eigenvalue weighted by Crippen LogP contribution is 2.32. The Morgan fingerprint density at radius 2 is 1.87 bits per heavy atom. The smallest absolute Gasteiger partial charge is 0.341 e. The van der Waals surface area contributed by atoms with Crippen LogP contribution >= 0.6 is 0 Å². The zero-order valence-corrected chi connectivity index (χ0v) is 18.6. The van der Waals surface area contributed by atoms with Crippen LogP contribution < -0.4 is 5.32 Å². The predicted octanol–water partition coefficient (Wildman–Crippen LogP) is 4.50. The summed E-state index contributed by atoms with van der Waals surface area (Å²) in [6, 6.07) is 8.63. The third-order valence-electron chi connectivity index (χ3n) is 5.71. The number of hydrogen-bond donors (Lipinski definition) is 1. The van der Waals surface area contributed by atoms with Gasteiger partial charge in [0, 0.05) is 23.8 Å². The van der Waals surface area contributed by atoms with Crippen LogP contribution in [-0.2, 0) is 14.8 Å². The number of hydrogen-bond acceptors (Lipinski definition) is 6. The molecule has 1 saturated carbocycles.